The topological polar surface area (TPSA) is 73.7 Å². The van der Waals surface area contributed by atoms with Crippen molar-refractivity contribution in [3.63, 3.8) is 0 Å². The van der Waals surface area contributed by atoms with Crippen LogP contribution in [0.25, 0.3) is 11.3 Å². The fraction of sp³-hybridized carbons (Fsp3) is 0.433. The van der Waals surface area contributed by atoms with E-state index in [1.807, 2.05) is 40.1 Å². The number of piperidine rings is 1. The Balaban J connectivity index is 1.11. The summed E-state index contributed by atoms with van der Waals surface area (Å²) in [6, 6.07) is 11.5. The lowest BCUT2D eigenvalue weighted by molar-refractivity contribution is -0.118. The van der Waals surface area contributed by atoms with Crippen molar-refractivity contribution in [3.8, 4) is 11.3 Å². The number of aryl methyl sites for hydroxylation is 1. The van der Waals surface area contributed by atoms with Gasteiger partial charge in [-0.3, -0.25) is 9.48 Å². The standard InChI is InChI=1S/C30H33Cl3N6O2/c1-34-30(41)37-14-9-27-23(18-37)29(19-3-5-24(32)25(33)16-19)35-38(27)11-2-10-36-12-7-22(8-13-36)39-26-6-4-21(31)15-20(26)17-28(39)40/h3-6,15-16,22H,2,7-14,17-18H2,1H3,(H,34,41). The second-order valence-electron chi connectivity index (χ2n) is 11.0. The Kier molecular flexibility index (Phi) is 8.19. The lowest BCUT2D eigenvalue weighted by Gasteiger charge is -2.37. The number of fused-ring (bicyclic) bond motifs is 2. The number of likely N-dealkylation sites (tertiary alicyclic amines) is 1. The number of hydrogen-bond donors (Lipinski definition) is 1. The first-order chi connectivity index (χ1) is 19.8. The van der Waals surface area contributed by atoms with Gasteiger partial charge in [0.15, 0.2) is 0 Å². The van der Waals surface area contributed by atoms with Crippen LogP contribution in [-0.2, 0) is 30.7 Å². The Morgan fingerprint density at radius 2 is 1.83 bits per heavy atom. The Morgan fingerprint density at radius 1 is 1.02 bits per heavy atom. The van der Waals surface area contributed by atoms with Gasteiger partial charge in [0.1, 0.15) is 0 Å². The third-order valence-electron chi connectivity index (χ3n) is 8.51. The van der Waals surface area contributed by atoms with E-state index in [9.17, 15) is 9.59 Å². The first kappa shape index (κ1) is 28.3. The maximum Gasteiger partial charge on any atom is 0.317 e. The number of rotatable bonds is 6. The van der Waals surface area contributed by atoms with Gasteiger partial charge in [-0.15, -0.1) is 0 Å². The zero-order chi connectivity index (χ0) is 28.7. The van der Waals surface area contributed by atoms with Gasteiger partial charge in [0.05, 0.1) is 28.7 Å². The molecule has 0 spiro atoms. The molecule has 8 nitrogen and oxygen atoms in total. The average Bonchev–Trinajstić information content (AvgIpc) is 3.50. The number of aromatic nitrogens is 2. The number of urea groups is 1. The summed E-state index contributed by atoms with van der Waals surface area (Å²) in [7, 11) is 1.65. The van der Waals surface area contributed by atoms with E-state index in [-0.39, 0.29) is 18.0 Å². The molecule has 0 atom stereocenters. The Bertz CT molecular complexity index is 1480. The molecular weight excluding hydrogens is 583 g/mol. The second-order valence-corrected chi connectivity index (χ2v) is 12.2. The molecule has 3 aliphatic heterocycles. The highest BCUT2D eigenvalue weighted by atomic mass is 35.5. The number of nitrogens with one attached hydrogen (secondary N) is 1. The monoisotopic (exact) mass is 614 g/mol. The smallest absolute Gasteiger partial charge is 0.317 e. The highest BCUT2D eigenvalue weighted by molar-refractivity contribution is 6.42. The molecule has 41 heavy (non-hydrogen) atoms. The van der Waals surface area contributed by atoms with Crippen LogP contribution in [0, 0.1) is 0 Å². The van der Waals surface area contributed by atoms with Gasteiger partial charge in [-0.25, -0.2) is 4.79 Å². The molecule has 3 aromatic rings. The molecule has 6 rings (SSSR count). The molecule has 1 N–H and O–H groups in total. The molecule has 4 heterocycles. The maximum absolute atomic E-state index is 12.8. The summed E-state index contributed by atoms with van der Waals surface area (Å²) in [6.07, 6.45) is 4.07. The summed E-state index contributed by atoms with van der Waals surface area (Å²) in [5, 5.41) is 9.42. The van der Waals surface area contributed by atoms with Gasteiger partial charge in [-0.1, -0.05) is 40.9 Å². The van der Waals surface area contributed by atoms with Gasteiger partial charge in [0.2, 0.25) is 5.91 Å². The van der Waals surface area contributed by atoms with Crippen LogP contribution in [0.4, 0.5) is 10.5 Å². The molecule has 1 aromatic heterocycles. The minimum absolute atomic E-state index is 0.0881. The van der Waals surface area contributed by atoms with E-state index >= 15 is 0 Å². The molecule has 3 aliphatic rings. The quantitative estimate of drug-likeness (QED) is 0.389. The van der Waals surface area contributed by atoms with Crippen LogP contribution in [-0.4, -0.2) is 70.8 Å². The van der Waals surface area contributed by atoms with Gasteiger partial charge in [0, 0.05) is 73.2 Å². The number of halogens is 3. The molecule has 216 valence electrons. The lowest BCUT2D eigenvalue weighted by Crippen LogP contribution is -2.46. The van der Waals surface area contributed by atoms with Crippen LogP contribution >= 0.6 is 34.8 Å². The van der Waals surface area contributed by atoms with Crippen molar-refractivity contribution in [1.29, 1.82) is 0 Å². The predicted octanol–water partition coefficient (Wildman–Crippen LogP) is 5.65. The first-order valence-corrected chi connectivity index (χ1v) is 15.3. The van der Waals surface area contributed by atoms with E-state index in [0.29, 0.717) is 34.6 Å². The summed E-state index contributed by atoms with van der Waals surface area (Å²) >= 11 is 18.7. The normalized spacial score (nSPS) is 17.6. The van der Waals surface area contributed by atoms with Crippen molar-refractivity contribution < 1.29 is 9.59 Å². The van der Waals surface area contributed by atoms with Crippen LogP contribution in [0.3, 0.4) is 0 Å². The molecule has 1 fully saturated rings. The van der Waals surface area contributed by atoms with Crippen molar-refractivity contribution >= 4 is 52.4 Å². The van der Waals surface area contributed by atoms with Crippen LogP contribution in [0.2, 0.25) is 15.1 Å². The SMILES string of the molecule is CNC(=O)N1CCc2c(c(-c3ccc(Cl)c(Cl)c3)nn2CCCN2CCC(N3C(=O)Cc4cc(Cl)ccc43)CC2)C1. The Hall–Kier alpha value is -2.78. The molecular formula is C30H33Cl3N6O2. The van der Waals surface area contributed by atoms with Crippen molar-refractivity contribution in [2.24, 2.45) is 0 Å². The lowest BCUT2D eigenvalue weighted by atomic mass is 10.0. The van der Waals surface area contributed by atoms with Gasteiger partial charge in [-0.05, 0) is 61.7 Å². The number of benzene rings is 2. The number of anilines is 1. The summed E-state index contributed by atoms with van der Waals surface area (Å²) in [5.74, 6) is 0.178. The van der Waals surface area contributed by atoms with Gasteiger partial charge < -0.3 is 20.0 Å². The zero-order valence-corrected chi connectivity index (χ0v) is 25.3. The van der Waals surface area contributed by atoms with E-state index in [1.165, 1.54) is 5.69 Å². The largest absolute Gasteiger partial charge is 0.341 e. The molecule has 0 bridgehead atoms. The van der Waals surface area contributed by atoms with Crippen molar-refractivity contribution in [3.05, 3.63) is 68.3 Å². The molecule has 0 aliphatic carbocycles. The van der Waals surface area contributed by atoms with E-state index in [0.717, 1.165) is 79.9 Å². The first-order valence-electron chi connectivity index (χ1n) is 14.2. The van der Waals surface area contributed by atoms with Crippen LogP contribution in [0.15, 0.2) is 36.4 Å². The molecule has 3 amide bonds. The molecule has 1 saturated heterocycles. The van der Waals surface area contributed by atoms with Gasteiger partial charge in [0.25, 0.3) is 0 Å². The van der Waals surface area contributed by atoms with Crippen LogP contribution in [0.5, 0.6) is 0 Å². The minimum Gasteiger partial charge on any atom is -0.341 e. The second kappa shape index (κ2) is 11.8. The zero-order valence-electron chi connectivity index (χ0n) is 23.0. The Morgan fingerprint density at radius 3 is 2.59 bits per heavy atom. The van der Waals surface area contributed by atoms with E-state index < -0.39 is 0 Å². The number of hydrogen-bond acceptors (Lipinski definition) is 4. The third kappa shape index (κ3) is 5.67. The van der Waals surface area contributed by atoms with Crippen molar-refractivity contribution in [2.45, 2.75) is 51.2 Å². The number of nitrogens with zero attached hydrogens (tertiary/aromatic N) is 5. The molecule has 2 aromatic carbocycles. The van der Waals surface area contributed by atoms with E-state index in [4.69, 9.17) is 39.9 Å². The Labute approximate surface area is 255 Å². The molecule has 11 heteroatoms. The average molecular weight is 616 g/mol. The highest BCUT2D eigenvalue weighted by Crippen LogP contribution is 2.36. The number of amides is 3. The van der Waals surface area contributed by atoms with Crippen molar-refractivity contribution in [2.75, 3.05) is 38.1 Å². The van der Waals surface area contributed by atoms with Gasteiger partial charge in [-0.2, -0.15) is 5.10 Å². The fourth-order valence-electron chi connectivity index (χ4n) is 6.44. The van der Waals surface area contributed by atoms with Gasteiger partial charge >= 0.3 is 6.03 Å². The van der Waals surface area contributed by atoms with Crippen molar-refractivity contribution in [1.82, 2.24) is 24.9 Å². The minimum atomic E-state index is -0.0881. The molecule has 0 radical (unpaired) electrons. The summed E-state index contributed by atoms with van der Waals surface area (Å²) in [6.45, 7) is 4.84. The van der Waals surface area contributed by atoms with E-state index in [2.05, 4.69) is 14.9 Å². The molecule has 0 unspecified atom stereocenters. The van der Waals surface area contributed by atoms with Crippen LogP contribution in [0.1, 0.15) is 36.1 Å². The fourth-order valence-corrected chi connectivity index (χ4v) is 6.93. The number of carbonyl (C=O) groups excluding carboxylic acids is 2. The summed E-state index contributed by atoms with van der Waals surface area (Å²) in [4.78, 5) is 31.5. The maximum atomic E-state index is 12.8. The van der Waals surface area contributed by atoms with E-state index in [1.54, 1.807) is 13.1 Å². The summed E-state index contributed by atoms with van der Waals surface area (Å²) in [5.41, 5.74) is 6.05. The summed E-state index contributed by atoms with van der Waals surface area (Å²) < 4.78 is 2.12. The third-order valence-corrected chi connectivity index (χ3v) is 9.48. The number of carbonyl (C=O) groups is 2. The highest BCUT2D eigenvalue weighted by Gasteiger charge is 2.35. The predicted molar refractivity (Wildman–Crippen MR) is 163 cm³/mol. The molecule has 0 saturated carbocycles. The van der Waals surface area contributed by atoms with Crippen LogP contribution < -0.4 is 10.2 Å².